The summed E-state index contributed by atoms with van der Waals surface area (Å²) in [5, 5.41) is 6.03. The molecule has 0 aliphatic carbocycles. The first-order valence-electron chi connectivity index (χ1n) is 8.91. The van der Waals surface area contributed by atoms with Crippen LogP contribution < -0.4 is 5.56 Å². The maximum Gasteiger partial charge on any atom is 0.410 e. The number of hydrogen-bond donors (Lipinski definition) is 0. The van der Waals surface area contributed by atoms with Gasteiger partial charge in [0.05, 0.1) is 17.7 Å². The lowest BCUT2D eigenvalue weighted by molar-refractivity contribution is 0.0112. The van der Waals surface area contributed by atoms with Crippen molar-refractivity contribution in [1.29, 1.82) is 0 Å². The zero-order valence-corrected chi connectivity index (χ0v) is 15.9. The topological polar surface area (TPSA) is 67.7 Å². The van der Waals surface area contributed by atoms with Gasteiger partial charge in [0.15, 0.2) is 0 Å². The Morgan fingerprint density at radius 3 is 2.35 bits per heavy atom. The van der Waals surface area contributed by atoms with Crippen molar-refractivity contribution in [2.45, 2.75) is 40.0 Å². The van der Waals surface area contributed by atoms with Crippen LogP contribution in [0.3, 0.4) is 0 Å². The van der Waals surface area contributed by atoms with Crippen molar-refractivity contribution < 1.29 is 9.53 Å². The monoisotopic (exact) mass is 358 g/mol. The number of carbonyl (C=O) groups excluding carboxylic acids is 1. The van der Waals surface area contributed by atoms with E-state index in [1.807, 2.05) is 52.0 Å². The minimum atomic E-state index is -0.492. The molecule has 1 aliphatic rings. The minimum Gasteiger partial charge on any atom is -0.444 e. The predicted molar refractivity (Wildman–Crippen MR) is 100 cm³/mol. The Kier molecular flexibility index (Phi) is 5.00. The van der Waals surface area contributed by atoms with Crippen molar-refractivity contribution in [3.05, 3.63) is 40.3 Å². The molecule has 2 heterocycles. The van der Waals surface area contributed by atoms with E-state index in [4.69, 9.17) is 4.74 Å². The molecule has 3 rings (SSSR count). The Balaban J connectivity index is 1.67. The molecule has 1 saturated heterocycles. The molecule has 0 spiro atoms. The summed E-state index contributed by atoms with van der Waals surface area (Å²) in [7, 11) is 0. The molecular weight excluding hydrogens is 332 g/mol. The first-order valence-corrected chi connectivity index (χ1v) is 8.91. The molecule has 1 aromatic heterocycles. The van der Waals surface area contributed by atoms with Gasteiger partial charge in [-0.1, -0.05) is 18.2 Å². The summed E-state index contributed by atoms with van der Waals surface area (Å²) in [6.45, 7) is 10.4. The molecule has 0 bridgehead atoms. The second-order valence-corrected chi connectivity index (χ2v) is 7.66. The Hall–Kier alpha value is -2.41. The highest BCUT2D eigenvalue weighted by molar-refractivity contribution is 5.83. The lowest BCUT2D eigenvalue weighted by Crippen LogP contribution is -2.51. The number of ether oxygens (including phenoxy) is 1. The van der Waals surface area contributed by atoms with Crippen LogP contribution in [0.2, 0.25) is 0 Å². The lowest BCUT2D eigenvalue weighted by atomic mass is 10.1. The Morgan fingerprint density at radius 2 is 1.73 bits per heavy atom. The van der Waals surface area contributed by atoms with Crippen molar-refractivity contribution >= 4 is 16.9 Å². The number of fused-ring (bicyclic) bond motifs is 1. The molecule has 0 unspecified atom stereocenters. The third kappa shape index (κ3) is 4.04. The molecule has 2 aromatic rings. The molecule has 0 N–H and O–H groups in total. The van der Waals surface area contributed by atoms with Crippen LogP contribution in [-0.2, 0) is 11.4 Å². The second kappa shape index (κ2) is 7.07. The number of aromatic nitrogens is 2. The van der Waals surface area contributed by atoms with E-state index in [-0.39, 0.29) is 11.7 Å². The summed E-state index contributed by atoms with van der Waals surface area (Å²) in [6, 6.07) is 7.54. The van der Waals surface area contributed by atoms with E-state index in [0.717, 1.165) is 11.1 Å². The van der Waals surface area contributed by atoms with Crippen LogP contribution in [-0.4, -0.2) is 57.5 Å². The standard InChI is InChI=1S/C19H26N4O3/c1-14-15-7-5-6-8-16(15)17(24)23(20-14)13-21-9-11-22(12-10-21)18(25)26-19(2,3)4/h5-8H,9-13H2,1-4H3. The Bertz CT molecular complexity index is 861. The van der Waals surface area contributed by atoms with Gasteiger partial charge in [0.1, 0.15) is 5.60 Å². The SMILES string of the molecule is Cc1nn(CN2CCN(C(=O)OC(C)(C)C)CC2)c(=O)c2ccccc12. The quantitative estimate of drug-likeness (QED) is 0.823. The normalized spacial score (nSPS) is 16.1. The maximum atomic E-state index is 12.7. The lowest BCUT2D eigenvalue weighted by Gasteiger charge is -2.35. The maximum absolute atomic E-state index is 12.7. The van der Waals surface area contributed by atoms with E-state index in [1.54, 1.807) is 4.90 Å². The van der Waals surface area contributed by atoms with Gasteiger partial charge in [-0.15, -0.1) is 0 Å². The summed E-state index contributed by atoms with van der Waals surface area (Å²) in [5.74, 6) is 0. The molecule has 1 fully saturated rings. The summed E-state index contributed by atoms with van der Waals surface area (Å²) in [4.78, 5) is 28.7. The van der Waals surface area contributed by atoms with Crippen LogP contribution in [0.25, 0.3) is 10.8 Å². The average molecular weight is 358 g/mol. The molecular formula is C19H26N4O3. The van der Waals surface area contributed by atoms with E-state index in [2.05, 4.69) is 10.00 Å². The third-order valence-electron chi connectivity index (χ3n) is 4.41. The first-order chi connectivity index (χ1) is 12.2. The van der Waals surface area contributed by atoms with Gasteiger partial charge >= 0.3 is 6.09 Å². The zero-order chi connectivity index (χ0) is 18.9. The molecule has 0 saturated carbocycles. The molecule has 7 heteroatoms. The largest absolute Gasteiger partial charge is 0.444 e. The van der Waals surface area contributed by atoms with E-state index >= 15 is 0 Å². The number of carbonyl (C=O) groups is 1. The van der Waals surface area contributed by atoms with E-state index < -0.39 is 5.60 Å². The smallest absolute Gasteiger partial charge is 0.410 e. The van der Waals surface area contributed by atoms with Crippen LogP contribution in [0.5, 0.6) is 0 Å². The number of nitrogens with zero attached hydrogens (tertiary/aromatic N) is 4. The number of piperazine rings is 1. The van der Waals surface area contributed by atoms with Crippen LogP contribution >= 0.6 is 0 Å². The number of amides is 1. The summed E-state index contributed by atoms with van der Waals surface area (Å²) >= 11 is 0. The molecule has 140 valence electrons. The highest BCUT2D eigenvalue weighted by Crippen LogP contribution is 2.14. The van der Waals surface area contributed by atoms with Gasteiger partial charge in [0.25, 0.3) is 5.56 Å². The number of rotatable bonds is 2. The van der Waals surface area contributed by atoms with Crippen molar-refractivity contribution in [2.75, 3.05) is 26.2 Å². The highest BCUT2D eigenvalue weighted by atomic mass is 16.6. The van der Waals surface area contributed by atoms with Crippen molar-refractivity contribution in [3.8, 4) is 0 Å². The molecule has 1 aliphatic heterocycles. The van der Waals surface area contributed by atoms with Crippen LogP contribution in [0.1, 0.15) is 26.5 Å². The van der Waals surface area contributed by atoms with Gasteiger partial charge in [0, 0.05) is 31.6 Å². The fourth-order valence-corrected chi connectivity index (χ4v) is 3.09. The average Bonchev–Trinajstić information content (AvgIpc) is 2.58. The van der Waals surface area contributed by atoms with Crippen molar-refractivity contribution in [2.24, 2.45) is 0 Å². The summed E-state index contributed by atoms with van der Waals surface area (Å²) < 4.78 is 6.93. The molecule has 0 atom stereocenters. The molecule has 7 nitrogen and oxygen atoms in total. The van der Waals surface area contributed by atoms with Crippen LogP contribution in [0.15, 0.2) is 29.1 Å². The fraction of sp³-hybridized carbons (Fsp3) is 0.526. The molecule has 0 radical (unpaired) electrons. The molecule has 26 heavy (non-hydrogen) atoms. The third-order valence-corrected chi connectivity index (χ3v) is 4.41. The Labute approximate surface area is 153 Å². The molecule has 1 amide bonds. The number of hydrogen-bond acceptors (Lipinski definition) is 5. The fourth-order valence-electron chi connectivity index (χ4n) is 3.09. The van der Waals surface area contributed by atoms with Gasteiger partial charge < -0.3 is 9.64 Å². The van der Waals surface area contributed by atoms with Crippen LogP contribution in [0, 0.1) is 6.92 Å². The highest BCUT2D eigenvalue weighted by Gasteiger charge is 2.26. The number of benzene rings is 1. The summed E-state index contributed by atoms with van der Waals surface area (Å²) in [6.07, 6.45) is -0.283. The molecule has 1 aromatic carbocycles. The number of aryl methyl sites for hydroxylation is 1. The van der Waals surface area contributed by atoms with Gasteiger partial charge in [0.2, 0.25) is 0 Å². The van der Waals surface area contributed by atoms with Crippen molar-refractivity contribution in [3.63, 3.8) is 0 Å². The van der Waals surface area contributed by atoms with Crippen LogP contribution in [0.4, 0.5) is 4.79 Å². The van der Waals surface area contributed by atoms with E-state index in [9.17, 15) is 9.59 Å². The van der Waals surface area contributed by atoms with Gasteiger partial charge in [-0.3, -0.25) is 9.69 Å². The summed E-state index contributed by atoms with van der Waals surface area (Å²) in [5.41, 5.74) is 0.266. The first kappa shape index (κ1) is 18.4. The predicted octanol–water partition coefficient (Wildman–Crippen LogP) is 2.22. The minimum absolute atomic E-state index is 0.0826. The zero-order valence-electron chi connectivity index (χ0n) is 15.9. The Morgan fingerprint density at radius 1 is 1.12 bits per heavy atom. The van der Waals surface area contributed by atoms with E-state index in [0.29, 0.717) is 38.2 Å². The second-order valence-electron chi connectivity index (χ2n) is 7.66. The van der Waals surface area contributed by atoms with Gasteiger partial charge in [-0.25, -0.2) is 9.48 Å². The van der Waals surface area contributed by atoms with Gasteiger partial charge in [-0.2, -0.15) is 5.10 Å². The van der Waals surface area contributed by atoms with Gasteiger partial charge in [-0.05, 0) is 33.8 Å². The van der Waals surface area contributed by atoms with E-state index in [1.165, 1.54) is 4.68 Å². The van der Waals surface area contributed by atoms with Crippen molar-refractivity contribution in [1.82, 2.24) is 19.6 Å².